The Balaban J connectivity index is 1.73. The number of likely N-dealkylation sites (N-methyl/N-ethyl adjacent to an activating group) is 1. The third kappa shape index (κ3) is 6.05. The molecule has 1 heterocycles. The van der Waals surface area contributed by atoms with Gasteiger partial charge in [-0.25, -0.2) is 8.42 Å². The molecule has 0 radical (unpaired) electrons. The number of nitriles is 1. The van der Waals surface area contributed by atoms with Gasteiger partial charge in [-0.1, -0.05) is 55.5 Å². The predicted octanol–water partition coefficient (Wildman–Crippen LogP) is 3.90. The van der Waals surface area contributed by atoms with Crippen molar-refractivity contribution in [3.8, 4) is 17.2 Å². The van der Waals surface area contributed by atoms with Crippen molar-refractivity contribution in [2.24, 2.45) is 5.92 Å². The Morgan fingerprint density at radius 3 is 2.44 bits per heavy atom. The summed E-state index contributed by atoms with van der Waals surface area (Å²) in [4.78, 5) is 15.6. The second-order valence-electron chi connectivity index (χ2n) is 9.94. The van der Waals surface area contributed by atoms with Gasteiger partial charge in [-0.3, -0.25) is 4.79 Å². The molecule has 1 aliphatic heterocycles. The average molecular weight is 548 g/mol. The Bertz CT molecular complexity index is 1480. The number of aliphatic hydroxyl groups excluding tert-OH is 1. The normalized spacial score (nSPS) is 19.0. The molecule has 0 spiro atoms. The first kappa shape index (κ1) is 28.5. The summed E-state index contributed by atoms with van der Waals surface area (Å²) in [5, 5.41) is 19.2. The lowest BCUT2D eigenvalue weighted by Gasteiger charge is -2.35. The zero-order chi connectivity index (χ0) is 28.2. The van der Waals surface area contributed by atoms with Crippen LogP contribution >= 0.6 is 0 Å². The molecule has 0 aromatic heterocycles. The number of carbonyl (C=O) groups is 1. The highest BCUT2D eigenvalue weighted by atomic mass is 32.2. The van der Waals surface area contributed by atoms with E-state index in [0.29, 0.717) is 5.56 Å². The molecule has 0 saturated carbocycles. The van der Waals surface area contributed by atoms with Gasteiger partial charge in [0.2, 0.25) is 10.0 Å². The van der Waals surface area contributed by atoms with Crippen LogP contribution in [0.15, 0.2) is 77.7 Å². The summed E-state index contributed by atoms with van der Waals surface area (Å²) >= 11 is 0. The van der Waals surface area contributed by atoms with Gasteiger partial charge in [0.15, 0.2) is 0 Å². The summed E-state index contributed by atoms with van der Waals surface area (Å²) in [6.45, 7) is 4.00. The maximum Gasteiger partial charge on any atom is 0.254 e. The minimum absolute atomic E-state index is 0.0277. The van der Waals surface area contributed by atoms with Gasteiger partial charge in [0, 0.05) is 31.6 Å². The van der Waals surface area contributed by atoms with E-state index in [4.69, 9.17) is 4.74 Å². The van der Waals surface area contributed by atoms with Crippen LogP contribution < -0.4 is 0 Å². The molecule has 8 nitrogen and oxygen atoms in total. The van der Waals surface area contributed by atoms with Gasteiger partial charge in [0.1, 0.15) is 0 Å². The van der Waals surface area contributed by atoms with E-state index in [1.54, 1.807) is 30.0 Å². The van der Waals surface area contributed by atoms with E-state index in [1.165, 1.54) is 23.5 Å². The van der Waals surface area contributed by atoms with Crippen LogP contribution in [0.4, 0.5) is 0 Å². The molecule has 1 aliphatic rings. The van der Waals surface area contributed by atoms with E-state index in [0.717, 1.165) is 16.7 Å². The second kappa shape index (κ2) is 12.1. The maximum atomic E-state index is 13.9. The first-order valence-corrected chi connectivity index (χ1v) is 14.3. The van der Waals surface area contributed by atoms with Crippen LogP contribution in [0.2, 0.25) is 0 Å². The first-order valence-electron chi connectivity index (χ1n) is 12.8. The summed E-state index contributed by atoms with van der Waals surface area (Å²) in [6, 6.07) is 22.5. The maximum absolute atomic E-state index is 13.9. The fourth-order valence-electron chi connectivity index (χ4n) is 4.81. The van der Waals surface area contributed by atoms with E-state index >= 15 is 0 Å². The molecule has 9 heteroatoms. The number of hydrogen-bond acceptors (Lipinski definition) is 6. The number of amides is 1. The third-order valence-electron chi connectivity index (χ3n) is 7.20. The SMILES string of the molecule is C[C@H](CO)N1C[C@H](C)[C@@H](CN(C)S(=O)(=O)c2cccc(C#N)c2)OCc2ccccc2-c2ccccc2C1=O. The van der Waals surface area contributed by atoms with E-state index in [9.17, 15) is 23.6 Å². The summed E-state index contributed by atoms with van der Waals surface area (Å²) in [5.74, 6) is -0.479. The molecule has 4 rings (SSSR count). The van der Waals surface area contributed by atoms with E-state index in [2.05, 4.69) is 0 Å². The Labute approximate surface area is 230 Å². The van der Waals surface area contributed by atoms with E-state index in [1.807, 2.05) is 55.5 Å². The fraction of sp³-hybridized carbons (Fsp3) is 0.333. The van der Waals surface area contributed by atoms with Crippen molar-refractivity contribution in [2.75, 3.05) is 26.7 Å². The number of ether oxygens (including phenoxy) is 1. The molecule has 0 aliphatic carbocycles. The van der Waals surface area contributed by atoms with Gasteiger partial charge in [-0.05, 0) is 47.9 Å². The lowest BCUT2D eigenvalue weighted by Crippen LogP contribution is -2.47. The molecule has 0 fully saturated rings. The monoisotopic (exact) mass is 547 g/mol. The smallest absolute Gasteiger partial charge is 0.254 e. The van der Waals surface area contributed by atoms with Crippen molar-refractivity contribution in [3.63, 3.8) is 0 Å². The number of rotatable bonds is 6. The first-order chi connectivity index (χ1) is 18.7. The number of aliphatic hydroxyl groups is 1. The van der Waals surface area contributed by atoms with Crippen molar-refractivity contribution in [2.45, 2.75) is 37.5 Å². The van der Waals surface area contributed by atoms with Crippen LogP contribution in [0, 0.1) is 17.2 Å². The van der Waals surface area contributed by atoms with Crippen LogP contribution in [-0.2, 0) is 21.4 Å². The van der Waals surface area contributed by atoms with E-state index < -0.39 is 22.2 Å². The summed E-state index contributed by atoms with van der Waals surface area (Å²) in [6.07, 6.45) is -0.570. The van der Waals surface area contributed by atoms with Gasteiger partial charge in [0.05, 0.1) is 41.9 Å². The molecule has 1 N–H and O–H groups in total. The summed E-state index contributed by atoms with van der Waals surface area (Å²) in [7, 11) is -2.42. The average Bonchev–Trinajstić information content (AvgIpc) is 2.98. The Morgan fingerprint density at radius 2 is 1.74 bits per heavy atom. The molecule has 204 valence electrons. The number of sulfonamides is 1. The van der Waals surface area contributed by atoms with Gasteiger partial charge >= 0.3 is 0 Å². The predicted molar refractivity (Wildman–Crippen MR) is 148 cm³/mol. The van der Waals surface area contributed by atoms with Crippen LogP contribution in [0.5, 0.6) is 0 Å². The van der Waals surface area contributed by atoms with Crippen molar-refractivity contribution >= 4 is 15.9 Å². The van der Waals surface area contributed by atoms with Crippen molar-refractivity contribution in [1.82, 2.24) is 9.21 Å². The zero-order valence-electron chi connectivity index (χ0n) is 22.3. The number of carbonyl (C=O) groups excluding carboxylic acids is 1. The number of benzene rings is 3. The fourth-order valence-corrected chi connectivity index (χ4v) is 6.04. The standard InChI is InChI=1S/C30H33N3O5S/c1-21-17-33(22(2)19-34)30(35)28-14-7-6-13-27(28)26-12-5-4-10-24(26)20-38-29(21)18-32(3)39(36,37)25-11-8-9-23(15-25)16-31/h4-15,21-22,29,34H,17-20H2,1-3H3/t21-,22+,29+/m0/s1. The summed E-state index contributed by atoms with van der Waals surface area (Å²) < 4.78 is 34.4. The molecule has 0 saturated heterocycles. The highest BCUT2D eigenvalue weighted by molar-refractivity contribution is 7.89. The Kier molecular flexibility index (Phi) is 8.83. The second-order valence-corrected chi connectivity index (χ2v) is 12.0. The molecule has 3 aromatic carbocycles. The Morgan fingerprint density at radius 1 is 1.08 bits per heavy atom. The van der Waals surface area contributed by atoms with Crippen molar-refractivity contribution in [3.05, 3.63) is 89.5 Å². The largest absolute Gasteiger partial charge is 0.394 e. The highest BCUT2D eigenvalue weighted by Crippen LogP contribution is 2.31. The van der Waals surface area contributed by atoms with Gasteiger partial charge < -0.3 is 14.7 Å². The number of hydrogen-bond donors (Lipinski definition) is 1. The van der Waals surface area contributed by atoms with Crippen molar-refractivity contribution in [1.29, 1.82) is 5.26 Å². The Hall–Kier alpha value is -3.55. The molecule has 39 heavy (non-hydrogen) atoms. The van der Waals surface area contributed by atoms with Gasteiger partial charge in [0.25, 0.3) is 5.91 Å². The topological polar surface area (TPSA) is 111 Å². The number of fused-ring (bicyclic) bond motifs is 3. The highest BCUT2D eigenvalue weighted by Gasteiger charge is 2.32. The quantitative estimate of drug-likeness (QED) is 0.501. The molecule has 0 bridgehead atoms. The summed E-state index contributed by atoms with van der Waals surface area (Å²) in [5.41, 5.74) is 3.31. The minimum Gasteiger partial charge on any atom is -0.394 e. The lowest BCUT2D eigenvalue weighted by molar-refractivity contribution is -0.0146. The van der Waals surface area contributed by atoms with E-state index in [-0.39, 0.29) is 48.6 Å². The van der Waals surface area contributed by atoms with Crippen LogP contribution in [0.3, 0.4) is 0 Å². The lowest BCUT2D eigenvalue weighted by atomic mass is 9.94. The zero-order valence-corrected chi connectivity index (χ0v) is 23.1. The molecular weight excluding hydrogens is 514 g/mol. The van der Waals surface area contributed by atoms with Gasteiger partial charge in [-0.15, -0.1) is 0 Å². The molecule has 3 aromatic rings. The van der Waals surface area contributed by atoms with Gasteiger partial charge in [-0.2, -0.15) is 9.57 Å². The molecule has 0 unspecified atom stereocenters. The third-order valence-corrected chi connectivity index (χ3v) is 9.02. The van der Waals surface area contributed by atoms with Crippen LogP contribution in [-0.4, -0.2) is 67.5 Å². The minimum atomic E-state index is -3.91. The number of nitrogens with zero attached hydrogens (tertiary/aromatic N) is 3. The molecular formula is C30H33N3O5S. The van der Waals surface area contributed by atoms with Crippen LogP contribution in [0.25, 0.3) is 11.1 Å². The van der Waals surface area contributed by atoms with Crippen LogP contribution in [0.1, 0.15) is 35.3 Å². The molecule has 3 atom stereocenters. The molecule has 1 amide bonds. The van der Waals surface area contributed by atoms with Crippen molar-refractivity contribution < 1.29 is 23.1 Å².